The summed E-state index contributed by atoms with van der Waals surface area (Å²) in [6, 6.07) is 3.74. The summed E-state index contributed by atoms with van der Waals surface area (Å²) in [6.07, 6.45) is 1.56. The van der Waals surface area contributed by atoms with Crippen LogP contribution < -0.4 is 0 Å². The Labute approximate surface area is 108 Å². The van der Waals surface area contributed by atoms with Crippen LogP contribution in [0.3, 0.4) is 0 Å². The van der Waals surface area contributed by atoms with Crippen molar-refractivity contribution in [3.05, 3.63) is 47.1 Å². The largest absolute Gasteiger partial charge is 0.368 e. The molecule has 1 saturated heterocycles. The van der Waals surface area contributed by atoms with Gasteiger partial charge in [-0.1, -0.05) is 11.2 Å². The van der Waals surface area contributed by atoms with Gasteiger partial charge in [0.1, 0.15) is 17.7 Å². The maximum absolute atomic E-state index is 13.5. The average molecular weight is 266 g/mol. The Bertz CT molecular complexity index is 560. The van der Waals surface area contributed by atoms with Crippen LogP contribution in [0, 0.1) is 11.6 Å². The van der Waals surface area contributed by atoms with Gasteiger partial charge in [-0.2, -0.15) is 4.98 Å². The van der Waals surface area contributed by atoms with Crippen LogP contribution in [0.5, 0.6) is 0 Å². The van der Waals surface area contributed by atoms with Gasteiger partial charge in [-0.05, 0) is 25.0 Å². The molecule has 1 aromatic heterocycles. The van der Waals surface area contributed by atoms with Crippen molar-refractivity contribution in [2.45, 2.75) is 25.4 Å². The third-order valence-corrected chi connectivity index (χ3v) is 3.09. The highest BCUT2D eigenvalue weighted by atomic mass is 19.1. The van der Waals surface area contributed by atoms with Crippen molar-refractivity contribution in [3.8, 4) is 0 Å². The predicted octanol–water partition coefficient (Wildman–Crippen LogP) is 2.79. The quantitative estimate of drug-likeness (QED) is 0.857. The smallest absolute Gasteiger partial charge is 0.255 e. The first-order chi connectivity index (χ1) is 9.24. The van der Waals surface area contributed by atoms with Crippen LogP contribution >= 0.6 is 0 Å². The van der Waals surface area contributed by atoms with E-state index in [0.29, 0.717) is 12.5 Å². The number of hydrogen-bond acceptors (Lipinski definition) is 4. The van der Waals surface area contributed by atoms with Crippen molar-refractivity contribution < 1.29 is 18.0 Å². The summed E-state index contributed by atoms with van der Waals surface area (Å²) in [5.41, 5.74) is -0.0535. The van der Waals surface area contributed by atoms with Gasteiger partial charge in [0.15, 0.2) is 5.82 Å². The van der Waals surface area contributed by atoms with Gasteiger partial charge in [0.05, 0.1) is 0 Å². The van der Waals surface area contributed by atoms with Gasteiger partial charge < -0.3 is 9.26 Å². The van der Waals surface area contributed by atoms with Crippen molar-refractivity contribution in [1.82, 2.24) is 10.1 Å². The van der Waals surface area contributed by atoms with Crippen molar-refractivity contribution in [3.63, 3.8) is 0 Å². The second-order valence-corrected chi connectivity index (χ2v) is 4.43. The molecule has 3 rings (SSSR count). The average Bonchev–Trinajstić information content (AvgIpc) is 3.04. The van der Waals surface area contributed by atoms with Crippen LogP contribution in [0.1, 0.15) is 36.2 Å². The summed E-state index contributed by atoms with van der Waals surface area (Å²) >= 11 is 0. The highest BCUT2D eigenvalue weighted by Crippen LogP contribution is 2.27. The molecule has 2 heterocycles. The number of nitrogens with zero attached hydrogens (tertiary/aromatic N) is 2. The Morgan fingerprint density at radius 1 is 1.26 bits per heavy atom. The fourth-order valence-electron chi connectivity index (χ4n) is 2.10. The molecule has 1 aliphatic rings. The topological polar surface area (TPSA) is 48.2 Å². The molecule has 1 aromatic carbocycles. The summed E-state index contributed by atoms with van der Waals surface area (Å²) in [7, 11) is 0. The number of aromatic nitrogens is 2. The highest BCUT2D eigenvalue weighted by Gasteiger charge is 2.24. The molecule has 4 nitrogen and oxygen atoms in total. The van der Waals surface area contributed by atoms with Crippen LogP contribution in [0.4, 0.5) is 8.78 Å². The normalized spacial score (nSPS) is 18.9. The van der Waals surface area contributed by atoms with E-state index in [2.05, 4.69) is 10.1 Å². The van der Waals surface area contributed by atoms with Crippen molar-refractivity contribution >= 4 is 0 Å². The molecule has 0 saturated carbocycles. The third kappa shape index (κ3) is 2.49. The van der Waals surface area contributed by atoms with E-state index in [1.807, 2.05) is 0 Å². The molecule has 100 valence electrons. The van der Waals surface area contributed by atoms with E-state index in [9.17, 15) is 8.78 Å². The number of halogens is 2. The lowest BCUT2D eigenvalue weighted by Crippen LogP contribution is -2.00. The maximum Gasteiger partial charge on any atom is 0.255 e. The van der Waals surface area contributed by atoms with Crippen molar-refractivity contribution in [2.75, 3.05) is 6.61 Å². The molecule has 0 bridgehead atoms. The second kappa shape index (κ2) is 5.05. The van der Waals surface area contributed by atoms with Crippen LogP contribution in [0.2, 0.25) is 0 Å². The number of rotatable bonds is 3. The van der Waals surface area contributed by atoms with E-state index >= 15 is 0 Å². The Morgan fingerprint density at radius 2 is 2.05 bits per heavy atom. The highest BCUT2D eigenvalue weighted by molar-refractivity contribution is 5.22. The lowest BCUT2D eigenvalue weighted by Gasteiger charge is -2.01. The number of ether oxygens (including phenoxy) is 1. The molecular weight excluding hydrogens is 254 g/mol. The SMILES string of the molecule is Fc1cccc(F)c1Cc1noc([C@H]2CCCO2)n1. The van der Waals surface area contributed by atoms with Crippen LogP contribution in [-0.2, 0) is 11.2 Å². The molecule has 0 unspecified atom stereocenters. The first-order valence-corrected chi connectivity index (χ1v) is 6.11. The Hall–Kier alpha value is -1.82. The third-order valence-electron chi connectivity index (χ3n) is 3.09. The van der Waals surface area contributed by atoms with Gasteiger partial charge in [-0.25, -0.2) is 8.78 Å². The minimum atomic E-state index is -0.608. The predicted molar refractivity (Wildman–Crippen MR) is 61.4 cm³/mol. The summed E-state index contributed by atoms with van der Waals surface area (Å²) in [5.74, 6) is -0.578. The molecular formula is C13H12F2N2O2. The summed E-state index contributed by atoms with van der Waals surface area (Å²) in [4.78, 5) is 4.13. The monoisotopic (exact) mass is 266 g/mol. The van der Waals surface area contributed by atoms with Crippen LogP contribution in [0.25, 0.3) is 0 Å². The molecule has 1 aliphatic heterocycles. The lowest BCUT2D eigenvalue weighted by molar-refractivity contribution is 0.0835. The molecule has 1 fully saturated rings. The lowest BCUT2D eigenvalue weighted by atomic mass is 10.1. The summed E-state index contributed by atoms with van der Waals surface area (Å²) < 4.78 is 37.5. The Morgan fingerprint density at radius 3 is 2.74 bits per heavy atom. The van der Waals surface area contributed by atoms with E-state index in [1.165, 1.54) is 18.2 Å². The second-order valence-electron chi connectivity index (χ2n) is 4.43. The molecule has 1 atom stereocenters. The van der Waals surface area contributed by atoms with Gasteiger partial charge in [-0.3, -0.25) is 0 Å². The zero-order chi connectivity index (χ0) is 13.2. The van der Waals surface area contributed by atoms with Gasteiger partial charge in [0.2, 0.25) is 0 Å². The molecule has 2 aromatic rings. The number of hydrogen-bond donors (Lipinski definition) is 0. The zero-order valence-corrected chi connectivity index (χ0v) is 10.1. The van der Waals surface area contributed by atoms with Gasteiger partial charge in [0.25, 0.3) is 5.89 Å². The van der Waals surface area contributed by atoms with E-state index in [-0.39, 0.29) is 23.9 Å². The van der Waals surface area contributed by atoms with E-state index in [1.54, 1.807) is 0 Å². The molecule has 19 heavy (non-hydrogen) atoms. The first-order valence-electron chi connectivity index (χ1n) is 6.11. The Kier molecular flexibility index (Phi) is 3.25. The van der Waals surface area contributed by atoms with E-state index in [0.717, 1.165) is 12.8 Å². The standard InChI is InChI=1S/C13H12F2N2O2/c14-9-3-1-4-10(15)8(9)7-12-16-13(19-17-12)11-5-2-6-18-11/h1,3-4,11H,2,5-7H2/t11-/m1/s1. The Balaban J connectivity index is 1.80. The summed E-state index contributed by atoms with van der Waals surface area (Å²) in [5, 5.41) is 3.74. The minimum absolute atomic E-state index is 0.0330. The fraction of sp³-hybridized carbons (Fsp3) is 0.385. The molecule has 6 heteroatoms. The number of benzene rings is 1. The van der Waals surface area contributed by atoms with E-state index < -0.39 is 11.6 Å². The molecule has 0 amide bonds. The van der Waals surface area contributed by atoms with Gasteiger partial charge >= 0.3 is 0 Å². The molecule has 0 aliphatic carbocycles. The molecule has 0 spiro atoms. The van der Waals surface area contributed by atoms with Gasteiger partial charge in [-0.15, -0.1) is 0 Å². The van der Waals surface area contributed by atoms with Crippen LogP contribution in [0.15, 0.2) is 22.7 Å². The maximum atomic E-state index is 13.5. The minimum Gasteiger partial charge on any atom is -0.368 e. The fourth-order valence-corrected chi connectivity index (χ4v) is 2.10. The zero-order valence-electron chi connectivity index (χ0n) is 10.1. The summed E-state index contributed by atoms with van der Waals surface area (Å²) in [6.45, 7) is 0.671. The van der Waals surface area contributed by atoms with E-state index in [4.69, 9.17) is 9.26 Å². The van der Waals surface area contributed by atoms with Crippen molar-refractivity contribution in [1.29, 1.82) is 0 Å². The molecule has 0 N–H and O–H groups in total. The molecule has 0 radical (unpaired) electrons. The van der Waals surface area contributed by atoms with Crippen molar-refractivity contribution in [2.24, 2.45) is 0 Å². The van der Waals surface area contributed by atoms with Crippen LogP contribution in [-0.4, -0.2) is 16.7 Å². The van der Waals surface area contributed by atoms with Gasteiger partial charge in [0, 0.05) is 18.6 Å². The first kappa shape index (κ1) is 12.2.